The average Bonchev–Trinajstić information content (AvgIpc) is 2.48. The lowest BCUT2D eigenvalue weighted by atomic mass is 9.91. The number of aromatic nitrogens is 1. The predicted molar refractivity (Wildman–Crippen MR) is 81.4 cm³/mol. The van der Waals surface area contributed by atoms with Crippen molar-refractivity contribution in [2.24, 2.45) is 0 Å². The molecule has 0 aliphatic rings. The number of hydrogen-bond donors (Lipinski definition) is 0. The summed E-state index contributed by atoms with van der Waals surface area (Å²) in [5, 5.41) is 0. The molecule has 19 heavy (non-hydrogen) atoms. The molecule has 0 spiro atoms. The smallest absolute Gasteiger partial charge is 0.0302 e. The number of aryl methyl sites for hydroxylation is 2. The molecule has 100 valence electrons. The Balaban J connectivity index is 1.89. The largest absolute Gasteiger partial charge is 0.264 e. The number of pyridine rings is 1. The van der Waals surface area contributed by atoms with Gasteiger partial charge in [-0.3, -0.25) is 4.98 Å². The molecule has 2 rings (SSSR count). The van der Waals surface area contributed by atoms with Gasteiger partial charge in [0.25, 0.3) is 0 Å². The molecule has 1 heteroatoms. The third-order valence-corrected chi connectivity index (χ3v) is 3.80. The molecule has 0 saturated carbocycles. The van der Waals surface area contributed by atoms with Gasteiger partial charge in [-0.15, -0.1) is 0 Å². The quantitative estimate of drug-likeness (QED) is 0.722. The zero-order chi connectivity index (χ0) is 13.5. The van der Waals surface area contributed by atoms with Gasteiger partial charge in [-0.25, -0.2) is 0 Å². The Morgan fingerprint density at radius 3 is 2.63 bits per heavy atom. The van der Waals surface area contributed by atoms with E-state index in [2.05, 4.69) is 55.2 Å². The fourth-order valence-corrected chi connectivity index (χ4v) is 2.63. The number of benzene rings is 1. The first-order valence-electron chi connectivity index (χ1n) is 7.28. The third-order valence-electron chi connectivity index (χ3n) is 3.80. The Hall–Kier alpha value is -1.63. The van der Waals surface area contributed by atoms with E-state index in [-0.39, 0.29) is 0 Å². The van der Waals surface area contributed by atoms with E-state index in [1.54, 1.807) is 0 Å². The van der Waals surface area contributed by atoms with Gasteiger partial charge in [0.1, 0.15) is 0 Å². The summed E-state index contributed by atoms with van der Waals surface area (Å²) in [6.07, 6.45) is 8.68. The van der Waals surface area contributed by atoms with Crippen LogP contribution in [0.25, 0.3) is 0 Å². The molecule has 1 heterocycles. The molecule has 0 radical (unpaired) electrons. The summed E-state index contributed by atoms with van der Waals surface area (Å²) in [5.74, 6) is 0.627. The van der Waals surface area contributed by atoms with Crippen molar-refractivity contribution in [3.8, 4) is 0 Å². The van der Waals surface area contributed by atoms with Crippen LogP contribution < -0.4 is 0 Å². The highest BCUT2D eigenvalue weighted by Crippen LogP contribution is 2.24. The van der Waals surface area contributed by atoms with Crippen molar-refractivity contribution in [1.82, 2.24) is 4.98 Å². The van der Waals surface area contributed by atoms with E-state index < -0.39 is 0 Å². The summed E-state index contributed by atoms with van der Waals surface area (Å²) in [6, 6.07) is 12.9. The molecule has 1 aromatic carbocycles. The molecule has 1 atom stereocenters. The summed E-state index contributed by atoms with van der Waals surface area (Å²) in [5.41, 5.74) is 4.32. The van der Waals surface area contributed by atoms with Crippen LogP contribution in [0, 0.1) is 0 Å². The lowest BCUT2D eigenvalue weighted by Gasteiger charge is -2.15. The van der Waals surface area contributed by atoms with Crippen LogP contribution in [0.5, 0.6) is 0 Å². The normalized spacial score (nSPS) is 12.3. The van der Waals surface area contributed by atoms with Crippen LogP contribution in [0.3, 0.4) is 0 Å². The van der Waals surface area contributed by atoms with Gasteiger partial charge in [0.15, 0.2) is 0 Å². The molecule has 0 fully saturated rings. The summed E-state index contributed by atoms with van der Waals surface area (Å²) in [7, 11) is 0. The van der Waals surface area contributed by atoms with Gasteiger partial charge in [-0.05, 0) is 54.4 Å². The first-order chi connectivity index (χ1) is 9.31. The van der Waals surface area contributed by atoms with Gasteiger partial charge in [0.2, 0.25) is 0 Å². The number of rotatable bonds is 6. The minimum absolute atomic E-state index is 0.627. The van der Waals surface area contributed by atoms with Gasteiger partial charge >= 0.3 is 0 Å². The summed E-state index contributed by atoms with van der Waals surface area (Å²) in [4.78, 5) is 4.23. The first kappa shape index (κ1) is 13.8. The fraction of sp³-hybridized carbons (Fsp3) is 0.389. The lowest BCUT2D eigenvalue weighted by Crippen LogP contribution is -2.00. The van der Waals surface area contributed by atoms with Gasteiger partial charge in [0.05, 0.1) is 0 Å². The second kappa shape index (κ2) is 7.08. The van der Waals surface area contributed by atoms with Crippen molar-refractivity contribution in [2.75, 3.05) is 0 Å². The van der Waals surface area contributed by atoms with E-state index in [9.17, 15) is 0 Å². The minimum atomic E-state index is 0.627. The highest BCUT2D eigenvalue weighted by atomic mass is 14.6. The summed E-state index contributed by atoms with van der Waals surface area (Å²) >= 11 is 0. The van der Waals surface area contributed by atoms with Gasteiger partial charge in [-0.1, -0.05) is 44.2 Å². The Morgan fingerprint density at radius 2 is 1.89 bits per heavy atom. The molecular formula is C18H23N. The SMILES string of the molecule is CCc1cnccc1C(C)CCCc1ccccc1. The molecule has 0 bridgehead atoms. The zero-order valence-corrected chi connectivity index (χ0v) is 12.0. The fourth-order valence-electron chi connectivity index (χ4n) is 2.63. The van der Waals surface area contributed by atoms with Crippen LogP contribution >= 0.6 is 0 Å². The second-order valence-electron chi connectivity index (χ2n) is 5.21. The molecule has 2 aromatic rings. The van der Waals surface area contributed by atoms with Gasteiger partial charge in [0, 0.05) is 12.4 Å². The van der Waals surface area contributed by atoms with Gasteiger partial charge < -0.3 is 0 Å². The van der Waals surface area contributed by atoms with Crippen molar-refractivity contribution in [1.29, 1.82) is 0 Å². The van der Waals surface area contributed by atoms with E-state index in [1.807, 2.05) is 12.4 Å². The molecular weight excluding hydrogens is 230 g/mol. The highest BCUT2D eigenvalue weighted by Gasteiger charge is 2.09. The minimum Gasteiger partial charge on any atom is -0.264 e. The molecule has 0 N–H and O–H groups in total. The Bertz CT molecular complexity index is 490. The first-order valence-corrected chi connectivity index (χ1v) is 7.28. The Labute approximate surface area is 116 Å². The predicted octanol–water partition coefficient (Wildman–Crippen LogP) is 4.77. The van der Waals surface area contributed by atoms with E-state index in [0.29, 0.717) is 5.92 Å². The zero-order valence-electron chi connectivity index (χ0n) is 12.0. The van der Waals surface area contributed by atoms with E-state index in [0.717, 1.165) is 6.42 Å². The van der Waals surface area contributed by atoms with Crippen LogP contribution in [-0.4, -0.2) is 4.98 Å². The summed E-state index contributed by atoms with van der Waals surface area (Å²) in [6.45, 7) is 4.54. The summed E-state index contributed by atoms with van der Waals surface area (Å²) < 4.78 is 0. The number of hydrogen-bond acceptors (Lipinski definition) is 1. The monoisotopic (exact) mass is 253 g/mol. The van der Waals surface area contributed by atoms with E-state index in [1.165, 1.54) is 36.0 Å². The Morgan fingerprint density at radius 1 is 1.11 bits per heavy atom. The number of nitrogens with zero attached hydrogens (tertiary/aromatic N) is 1. The molecule has 0 aliphatic carbocycles. The maximum absolute atomic E-state index is 4.23. The molecule has 1 aromatic heterocycles. The van der Waals surface area contributed by atoms with E-state index >= 15 is 0 Å². The lowest BCUT2D eigenvalue weighted by molar-refractivity contribution is 0.628. The molecule has 0 aliphatic heterocycles. The topological polar surface area (TPSA) is 12.9 Å². The van der Waals surface area contributed by atoms with Crippen molar-refractivity contribution >= 4 is 0 Å². The third kappa shape index (κ3) is 3.92. The van der Waals surface area contributed by atoms with Crippen LogP contribution in [0.2, 0.25) is 0 Å². The van der Waals surface area contributed by atoms with Crippen molar-refractivity contribution in [3.05, 3.63) is 65.5 Å². The van der Waals surface area contributed by atoms with Crippen molar-refractivity contribution in [2.45, 2.75) is 45.4 Å². The molecule has 1 nitrogen and oxygen atoms in total. The van der Waals surface area contributed by atoms with E-state index in [4.69, 9.17) is 0 Å². The highest BCUT2D eigenvalue weighted by molar-refractivity contribution is 5.26. The molecule has 0 saturated heterocycles. The van der Waals surface area contributed by atoms with Crippen LogP contribution in [-0.2, 0) is 12.8 Å². The maximum Gasteiger partial charge on any atom is 0.0302 e. The van der Waals surface area contributed by atoms with Crippen LogP contribution in [0.1, 0.15) is 49.3 Å². The standard InChI is InChI=1S/C18H23N/c1-3-17-14-19-13-12-18(17)15(2)8-7-11-16-9-5-4-6-10-16/h4-6,9-10,12-15H,3,7-8,11H2,1-2H3. The molecule has 1 unspecified atom stereocenters. The average molecular weight is 253 g/mol. The van der Waals surface area contributed by atoms with Crippen molar-refractivity contribution in [3.63, 3.8) is 0 Å². The molecule has 0 amide bonds. The van der Waals surface area contributed by atoms with Gasteiger partial charge in [-0.2, -0.15) is 0 Å². The maximum atomic E-state index is 4.23. The van der Waals surface area contributed by atoms with Crippen LogP contribution in [0.15, 0.2) is 48.8 Å². The van der Waals surface area contributed by atoms with Crippen molar-refractivity contribution < 1.29 is 0 Å². The Kier molecular flexibility index (Phi) is 5.14. The van der Waals surface area contributed by atoms with Crippen LogP contribution in [0.4, 0.5) is 0 Å². The second-order valence-corrected chi connectivity index (χ2v) is 5.21.